The normalized spacial score (nSPS) is 12.0. The summed E-state index contributed by atoms with van der Waals surface area (Å²) in [6.45, 7) is 6.02. The molecule has 0 spiro atoms. The largest absolute Gasteiger partial charge is 0.467 e. The summed E-state index contributed by atoms with van der Waals surface area (Å²) in [6, 6.07) is 10.8. The first-order valence-electron chi connectivity index (χ1n) is 8.17. The maximum atomic E-state index is 13.0. The van der Waals surface area contributed by atoms with Crippen LogP contribution in [0, 0.1) is 0 Å². The summed E-state index contributed by atoms with van der Waals surface area (Å²) >= 11 is 1.24. The van der Waals surface area contributed by atoms with Crippen molar-refractivity contribution >= 4 is 28.6 Å². The van der Waals surface area contributed by atoms with Gasteiger partial charge in [-0.25, -0.2) is 4.98 Å². The van der Waals surface area contributed by atoms with Crippen LogP contribution in [0.1, 0.15) is 12.7 Å². The summed E-state index contributed by atoms with van der Waals surface area (Å²) in [5, 5.41) is 3.36. The van der Waals surface area contributed by atoms with Crippen LogP contribution in [-0.2, 0) is 11.3 Å². The molecule has 0 saturated carbocycles. The molecule has 7 heteroatoms. The van der Waals surface area contributed by atoms with E-state index in [1.807, 2.05) is 6.07 Å². The minimum atomic E-state index is -0.411. The highest BCUT2D eigenvalue weighted by Gasteiger charge is 2.19. The fourth-order valence-electron chi connectivity index (χ4n) is 2.46. The highest BCUT2D eigenvalue weighted by Crippen LogP contribution is 2.23. The number of carbonyl (C=O) groups is 1. The molecule has 1 amide bonds. The number of furan rings is 1. The van der Waals surface area contributed by atoms with E-state index in [1.54, 1.807) is 54.2 Å². The molecule has 0 fully saturated rings. The molecule has 2 aromatic heterocycles. The molecule has 2 heterocycles. The van der Waals surface area contributed by atoms with Crippen LogP contribution in [0.15, 0.2) is 69.7 Å². The molecule has 0 saturated heterocycles. The molecule has 1 unspecified atom stereocenters. The van der Waals surface area contributed by atoms with Crippen LogP contribution in [0.5, 0.6) is 0 Å². The number of thioether (sulfide) groups is 1. The number of benzene rings is 1. The van der Waals surface area contributed by atoms with E-state index in [9.17, 15) is 9.59 Å². The second-order valence-corrected chi connectivity index (χ2v) is 6.98. The number of rotatable bonds is 7. The highest BCUT2D eigenvalue weighted by molar-refractivity contribution is 8.00. The Morgan fingerprint density at radius 3 is 2.92 bits per heavy atom. The lowest BCUT2D eigenvalue weighted by molar-refractivity contribution is -0.120. The predicted octanol–water partition coefficient (Wildman–Crippen LogP) is 2.82. The number of hydrogen-bond acceptors (Lipinski definition) is 5. The summed E-state index contributed by atoms with van der Waals surface area (Å²) in [6.07, 6.45) is 3.18. The van der Waals surface area contributed by atoms with Crippen molar-refractivity contribution in [3.63, 3.8) is 0 Å². The van der Waals surface area contributed by atoms with Crippen LogP contribution in [0.25, 0.3) is 10.9 Å². The van der Waals surface area contributed by atoms with Gasteiger partial charge in [-0.05, 0) is 31.2 Å². The SMILES string of the molecule is C=CCNC(=O)C(C)Sc1nc2ccccc2c(=O)n1Cc1ccco1. The molecular weight excluding hydrogens is 350 g/mol. The van der Waals surface area contributed by atoms with Gasteiger partial charge in [-0.15, -0.1) is 6.58 Å². The predicted molar refractivity (Wildman–Crippen MR) is 102 cm³/mol. The van der Waals surface area contributed by atoms with Gasteiger partial charge in [0.15, 0.2) is 5.16 Å². The van der Waals surface area contributed by atoms with Gasteiger partial charge in [0.05, 0.1) is 29.0 Å². The molecular formula is C19H19N3O3S. The van der Waals surface area contributed by atoms with Crippen molar-refractivity contribution in [3.8, 4) is 0 Å². The van der Waals surface area contributed by atoms with E-state index in [0.29, 0.717) is 28.4 Å². The van der Waals surface area contributed by atoms with Crippen molar-refractivity contribution < 1.29 is 9.21 Å². The number of hydrogen-bond donors (Lipinski definition) is 1. The third kappa shape index (κ3) is 3.88. The molecule has 3 rings (SSSR count). The van der Waals surface area contributed by atoms with Gasteiger partial charge in [0.25, 0.3) is 5.56 Å². The number of amides is 1. The fourth-order valence-corrected chi connectivity index (χ4v) is 3.40. The molecule has 1 atom stereocenters. The zero-order valence-corrected chi connectivity index (χ0v) is 15.2. The Kier molecular flexibility index (Phi) is 5.58. The smallest absolute Gasteiger partial charge is 0.262 e. The van der Waals surface area contributed by atoms with E-state index in [4.69, 9.17) is 4.42 Å². The van der Waals surface area contributed by atoms with Crippen molar-refractivity contribution in [1.29, 1.82) is 0 Å². The molecule has 1 aromatic carbocycles. The van der Waals surface area contributed by atoms with Gasteiger partial charge in [-0.3, -0.25) is 14.2 Å². The van der Waals surface area contributed by atoms with Crippen LogP contribution >= 0.6 is 11.8 Å². The first-order valence-corrected chi connectivity index (χ1v) is 9.05. The average molecular weight is 369 g/mol. The van der Waals surface area contributed by atoms with Crippen molar-refractivity contribution in [2.24, 2.45) is 0 Å². The monoisotopic (exact) mass is 369 g/mol. The summed E-state index contributed by atoms with van der Waals surface area (Å²) in [5.41, 5.74) is 0.447. The van der Waals surface area contributed by atoms with Crippen molar-refractivity contribution in [3.05, 3.63) is 71.4 Å². The molecule has 0 aliphatic heterocycles. The fraction of sp³-hybridized carbons (Fsp3) is 0.211. The number of nitrogens with zero attached hydrogens (tertiary/aromatic N) is 2. The Hall–Kier alpha value is -2.80. The third-order valence-electron chi connectivity index (χ3n) is 3.79. The van der Waals surface area contributed by atoms with Gasteiger partial charge in [0.1, 0.15) is 5.76 Å². The zero-order chi connectivity index (χ0) is 18.5. The molecule has 0 aliphatic rings. The number of aromatic nitrogens is 2. The quantitative estimate of drug-likeness (QED) is 0.394. The second kappa shape index (κ2) is 8.05. The molecule has 1 N–H and O–H groups in total. The Bertz CT molecular complexity index is 979. The molecule has 0 aliphatic carbocycles. The van der Waals surface area contributed by atoms with Gasteiger partial charge < -0.3 is 9.73 Å². The van der Waals surface area contributed by atoms with E-state index in [-0.39, 0.29) is 18.0 Å². The summed E-state index contributed by atoms with van der Waals surface area (Å²) in [4.78, 5) is 29.7. The molecule has 0 radical (unpaired) electrons. The molecule has 3 aromatic rings. The first-order chi connectivity index (χ1) is 12.6. The highest BCUT2D eigenvalue weighted by atomic mass is 32.2. The van der Waals surface area contributed by atoms with E-state index in [2.05, 4.69) is 16.9 Å². The summed E-state index contributed by atoms with van der Waals surface area (Å²) < 4.78 is 6.92. The van der Waals surface area contributed by atoms with E-state index < -0.39 is 5.25 Å². The lowest BCUT2D eigenvalue weighted by Gasteiger charge is -2.15. The van der Waals surface area contributed by atoms with Crippen LogP contribution in [-0.4, -0.2) is 27.3 Å². The van der Waals surface area contributed by atoms with E-state index >= 15 is 0 Å². The number of carbonyl (C=O) groups excluding carboxylic acids is 1. The Morgan fingerprint density at radius 1 is 1.38 bits per heavy atom. The second-order valence-electron chi connectivity index (χ2n) is 5.68. The van der Waals surface area contributed by atoms with Crippen LogP contribution in [0.4, 0.5) is 0 Å². The third-order valence-corrected chi connectivity index (χ3v) is 4.88. The zero-order valence-electron chi connectivity index (χ0n) is 14.3. The standard InChI is InChI=1S/C19H19N3O3S/c1-3-10-20-17(23)13(2)26-19-21-16-9-5-4-8-15(16)18(24)22(19)12-14-7-6-11-25-14/h3-9,11,13H,1,10,12H2,2H3,(H,20,23). The van der Waals surface area contributed by atoms with Gasteiger partial charge in [-0.2, -0.15) is 0 Å². The lowest BCUT2D eigenvalue weighted by atomic mass is 10.2. The molecule has 134 valence electrons. The summed E-state index contributed by atoms with van der Waals surface area (Å²) in [7, 11) is 0. The number of nitrogens with one attached hydrogen (secondary N) is 1. The topological polar surface area (TPSA) is 77.1 Å². The van der Waals surface area contributed by atoms with Gasteiger partial charge in [-0.1, -0.05) is 30.0 Å². The first kappa shape index (κ1) is 18.0. The average Bonchev–Trinajstić information content (AvgIpc) is 3.16. The molecule has 26 heavy (non-hydrogen) atoms. The maximum absolute atomic E-state index is 13.0. The summed E-state index contributed by atoms with van der Waals surface area (Å²) in [5.74, 6) is 0.511. The van der Waals surface area contributed by atoms with Crippen LogP contribution in [0.3, 0.4) is 0 Å². The molecule has 6 nitrogen and oxygen atoms in total. The van der Waals surface area contributed by atoms with Crippen molar-refractivity contribution in [2.75, 3.05) is 6.54 Å². The number of fused-ring (bicyclic) bond motifs is 1. The van der Waals surface area contributed by atoms with Gasteiger partial charge in [0, 0.05) is 6.54 Å². The minimum Gasteiger partial charge on any atom is -0.467 e. The van der Waals surface area contributed by atoms with Crippen molar-refractivity contribution in [1.82, 2.24) is 14.9 Å². The maximum Gasteiger partial charge on any atom is 0.262 e. The minimum absolute atomic E-state index is 0.137. The van der Waals surface area contributed by atoms with Crippen LogP contribution < -0.4 is 10.9 Å². The van der Waals surface area contributed by atoms with E-state index in [1.165, 1.54) is 11.8 Å². The van der Waals surface area contributed by atoms with Gasteiger partial charge in [0.2, 0.25) is 5.91 Å². The van der Waals surface area contributed by atoms with E-state index in [0.717, 1.165) is 0 Å². The van der Waals surface area contributed by atoms with Crippen LogP contribution in [0.2, 0.25) is 0 Å². The Labute approximate surface area is 154 Å². The number of para-hydroxylation sites is 1. The van der Waals surface area contributed by atoms with Crippen molar-refractivity contribution in [2.45, 2.75) is 23.9 Å². The lowest BCUT2D eigenvalue weighted by Crippen LogP contribution is -2.32. The molecule has 0 bridgehead atoms. The van der Waals surface area contributed by atoms with Gasteiger partial charge >= 0.3 is 0 Å². The Morgan fingerprint density at radius 2 is 2.19 bits per heavy atom. The Balaban J connectivity index is 2.00.